The van der Waals surface area contributed by atoms with Crippen molar-refractivity contribution in [1.29, 1.82) is 0 Å². The molecule has 3 N–H and O–H groups in total. The molecule has 0 spiro atoms. The fourth-order valence-corrected chi connectivity index (χ4v) is 2.89. The van der Waals surface area contributed by atoms with Gasteiger partial charge < -0.3 is 10.1 Å². The number of ether oxygens (including phenoxy) is 1. The number of aliphatic imine (C=N–C) groups is 1. The molecular weight excluding hydrogens is 352 g/mol. The maximum absolute atomic E-state index is 12.3. The summed E-state index contributed by atoms with van der Waals surface area (Å²) in [7, 11) is -4.52. The van der Waals surface area contributed by atoms with Crippen molar-refractivity contribution in [2.24, 2.45) is 15.9 Å². The lowest BCUT2D eigenvalue weighted by atomic mass is 10.1. The van der Waals surface area contributed by atoms with E-state index in [1.807, 2.05) is 19.9 Å². The average Bonchev–Trinajstić information content (AvgIpc) is 2.53. The van der Waals surface area contributed by atoms with Crippen LogP contribution in [-0.2, 0) is 23.7 Å². The van der Waals surface area contributed by atoms with Crippen LogP contribution in [0.4, 0.5) is 0 Å². The molecular formula is C14H16N4O6S. The third kappa shape index (κ3) is 3.21. The number of hydrogen-bond donors (Lipinski definition) is 2. The maximum atomic E-state index is 12.3. The minimum absolute atomic E-state index is 0.0995. The molecule has 3 rings (SSSR count). The van der Waals surface area contributed by atoms with E-state index in [0.717, 1.165) is 12.0 Å². The third-order valence-corrected chi connectivity index (χ3v) is 4.15. The number of rotatable bonds is 4. The Morgan fingerprint density at radius 2 is 2.16 bits per heavy atom. The van der Waals surface area contributed by atoms with Gasteiger partial charge in [0.05, 0.1) is 12.2 Å². The van der Waals surface area contributed by atoms with Crippen LogP contribution in [0.2, 0.25) is 0 Å². The monoisotopic (exact) mass is 368 g/mol. The van der Waals surface area contributed by atoms with E-state index in [-0.39, 0.29) is 5.84 Å². The largest absolute Gasteiger partial charge is 0.493 e. The van der Waals surface area contributed by atoms with E-state index in [0.29, 0.717) is 17.9 Å². The van der Waals surface area contributed by atoms with Gasteiger partial charge in [0.25, 0.3) is 11.6 Å². The molecule has 2 aliphatic rings. The van der Waals surface area contributed by atoms with E-state index >= 15 is 0 Å². The van der Waals surface area contributed by atoms with Gasteiger partial charge in [-0.25, -0.2) is 9.28 Å². The first-order chi connectivity index (χ1) is 11.7. The highest BCUT2D eigenvalue weighted by atomic mass is 32.3. The van der Waals surface area contributed by atoms with Gasteiger partial charge in [-0.15, -0.1) is 0 Å². The maximum Gasteiger partial charge on any atom is 0.471 e. The smallest absolute Gasteiger partial charge is 0.471 e. The molecule has 0 bridgehead atoms. The second kappa shape index (κ2) is 6.10. The van der Waals surface area contributed by atoms with E-state index in [1.54, 1.807) is 12.1 Å². The summed E-state index contributed by atoms with van der Waals surface area (Å²) >= 11 is 0. The van der Waals surface area contributed by atoms with Crippen LogP contribution in [0, 0.1) is 6.92 Å². The van der Waals surface area contributed by atoms with E-state index < -0.39 is 27.9 Å². The van der Waals surface area contributed by atoms with Gasteiger partial charge in [0.1, 0.15) is 11.6 Å². The normalized spacial score (nSPS) is 24.4. The number of hydrogen-bond acceptors (Lipinski definition) is 9. The first-order valence-corrected chi connectivity index (χ1v) is 8.74. The Labute approximate surface area is 144 Å². The molecule has 0 saturated carbocycles. The Morgan fingerprint density at radius 1 is 1.40 bits per heavy atom. The summed E-state index contributed by atoms with van der Waals surface area (Å²) in [5.41, 5.74) is 4.77. The SMILES string of the molecule is CCCOc1cc(C)ccc1C1=NC2=NOS(=O)(=O)OC2(N)C(=O)N1. The summed E-state index contributed by atoms with van der Waals surface area (Å²) in [6.45, 7) is 4.33. The molecule has 2 aliphatic heterocycles. The zero-order valence-electron chi connectivity index (χ0n) is 13.5. The zero-order valence-corrected chi connectivity index (χ0v) is 14.3. The summed E-state index contributed by atoms with van der Waals surface area (Å²) in [6.07, 6.45) is 0.796. The Morgan fingerprint density at radius 3 is 2.88 bits per heavy atom. The number of nitrogens with one attached hydrogen (secondary N) is 1. The quantitative estimate of drug-likeness (QED) is 0.757. The predicted molar refractivity (Wildman–Crippen MR) is 87.1 cm³/mol. The highest BCUT2D eigenvalue weighted by molar-refractivity contribution is 7.82. The molecule has 0 radical (unpaired) electrons. The van der Waals surface area contributed by atoms with Crippen molar-refractivity contribution in [3.05, 3.63) is 29.3 Å². The Bertz CT molecular complexity index is 895. The number of fused-ring (bicyclic) bond motifs is 1. The summed E-state index contributed by atoms with van der Waals surface area (Å²) in [6, 6.07) is 5.32. The molecule has 0 aromatic heterocycles. The molecule has 11 heteroatoms. The van der Waals surface area contributed by atoms with E-state index in [9.17, 15) is 13.2 Å². The Hall–Kier alpha value is -2.50. The van der Waals surface area contributed by atoms with Crippen LogP contribution in [-0.4, -0.2) is 38.3 Å². The summed E-state index contributed by atoms with van der Waals surface area (Å²) in [4.78, 5) is 16.4. The summed E-state index contributed by atoms with van der Waals surface area (Å²) < 4.78 is 37.1. The average molecular weight is 368 g/mol. The highest BCUT2D eigenvalue weighted by Gasteiger charge is 2.53. The number of nitrogens with zero attached hydrogens (tertiary/aromatic N) is 2. The number of carbonyl (C=O) groups is 1. The molecule has 25 heavy (non-hydrogen) atoms. The molecule has 134 valence electrons. The molecule has 1 aromatic carbocycles. The van der Waals surface area contributed by atoms with Crippen molar-refractivity contribution in [2.75, 3.05) is 6.61 Å². The van der Waals surface area contributed by atoms with Crippen molar-refractivity contribution >= 4 is 28.0 Å². The molecule has 0 saturated heterocycles. The number of oxime groups is 1. The highest BCUT2D eigenvalue weighted by Crippen LogP contribution is 2.26. The van der Waals surface area contributed by atoms with Crippen molar-refractivity contribution in [1.82, 2.24) is 5.32 Å². The van der Waals surface area contributed by atoms with Crippen LogP contribution < -0.4 is 15.8 Å². The molecule has 0 aliphatic carbocycles. The van der Waals surface area contributed by atoms with Crippen LogP contribution in [0.3, 0.4) is 0 Å². The number of amidine groups is 2. The molecule has 10 nitrogen and oxygen atoms in total. The van der Waals surface area contributed by atoms with Crippen molar-refractivity contribution < 1.29 is 26.4 Å². The lowest BCUT2D eigenvalue weighted by Crippen LogP contribution is -2.66. The van der Waals surface area contributed by atoms with Crippen molar-refractivity contribution in [2.45, 2.75) is 26.0 Å². The lowest BCUT2D eigenvalue weighted by Gasteiger charge is -2.31. The third-order valence-electron chi connectivity index (χ3n) is 3.42. The standard InChI is InChI=1S/C14H16N4O6S/c1-3-6-22-10-7-8(2)4-5-9(10)11-16-12-14(15,13(19)17-11)23-25(20,21)24-18-12/h4-5,7H,3,6,15H2,1-2H3,(H,16,17,18,19). The number of benzene rings is 1. The first-order valence-electron chi connectivity index (χ1n) is 7.40. The van der Waals surface area contributed by atoms with Gasteiger partial charge in [-0.1, -0.05) is 13.0 Å². The van der Waals surface area contributed by atoms with Gasteiger partial charge in [-0.2, -0.15) is 12.6 Å². The molecule has 1 unspecified atom stereocenters. The molecule has 0 fully saturated rings. The minimum Gasteiger partial charge on any atom is -0.493 e. The lowest BCUT2D eigenvalue weighted by molar-refractivity contribution is -0.131. The van der Waals surface area contributed by atoms with Crippen LogP contribution in [0.15, 0.2) is 28.3 Å². The molecule has 1 aromatic rings. The Kier molecular flexibility index (Phi) is 4.22. The molecule has 1 amide bonds. The van der Waals surface area contributed by atoms with Crippen molar-refractivity contribution in [3.8, 4) is 5.75 Å². The predicted octanol–water partition coefficient (Wildman–Crippen LogP) is -0.0797. The van der Waals surface area contributed by atoms with E-state index in [4.69, 9.17) is 10.5 Å². The number of aryl methyl sites for hydroxylation is 1. The number of carbonyl (C=O) groups excluding carboxylic acids is 1. The number of nitrogens with two attached hydrogens (primary N) is 1. The van der Waals surface area contributed by atoms with Crippen LogP contribution in [0.25, 0.3) is 0 Å². The van der Waals surface area contributed by atoms with Gasteiger partial charge in [-0.3, -0.25) is 10.5 Å². The fourth-order valence-electron chi connectivity index (χ4n) is 2.22. The van der Waals surface area contributed by atoms with Crippen LogP contribution in [0.5, 0.6) is 5.75 Å². The molecule has 2 heterocycles. The topological polar surface area (TPSA) is 142 Å². The van der Waals surface area contributed by atoms with Gasteiger partial charge in [-0.05, 0) is 36.2 Å². The van der Waals surface area contributed by atoms with Crippen molar-refractivity contribution in [3.63, 3.8) is 0 Å². The van der Waals surface area contributed by atoms with Gasteiger partial charge in [0.2, 0.25) is 5.84 Å². The zero-order chi connectivity index (χ0) is 18.2. The first kappa shape index (κ1) is 17.3. The second-order valence-corrected chi connectivity index (χ2v) is 6.61. The van der Waals surface area contributed by atoms with Crippen LogP contribution in [0.1, 0.15) is 24.5 Å². The van der Waals surface area contributed by atoms with E-state index in [2.05, 4.69) is 23.9 Å². The van der Waals surface area contributed by atoms with Gasteiger partial charge in [0, 0.05) is 0 Å². The fraction of sp³-hybridized carbons (Fsp3) is 0.357. The minimum atomic E-state index is -4.52. The molecule has 1 atom stereocenters. The Balaban J connectivity index is 2.06. The van der Waals surface area contributed by atoms with Gasteiger partial charge >= 0.3 is 10.4 Å². The summed E-state index contributed by atoms with van der Waals surface area (Å²) in [5.74, 6) is -0.744. The van der Waals surface area contributed by atoms with E-state index in [1.165, 1.54) is 0 Å². The van der Waals surface area contributed by atoms with Crippen LogP contribution >= 0.6 is 0 Å². The summed E-state index contributed by atoms with van der Waals surface area (Å²) in [5, 5.41) is 5.73. The second-order valence-electron chi connectivity index (χ2n) is 5.48. The number of amides is 1. The van der Waals surface area contributed by atoms with Gasteiger partial charge in [0.15, 0.2) is 0 Å².